The molecule has 10 nitrogen and oxygen atoms in total. The number of fused-ring (bicyclic) bond motifs is 1. The molecule has 40 heavy (non-hydrogen) atoms. The number of carbonyl (C=O) groups is 1. The van der Waals surface area contributed by atoms with Crippen molar-refractivity contribution < 1.29 is 23.0 Å². The van der Waals surface area contributed by atoms with Crippen molar-refractivity contribution in [2.24, 2.45) is 5.92 Å². The third kappa shape index (κ3) is 5.87. The number of ether oxygens (including phenoxy) is 2. The summed E-state index contributed by atoms with van der Waals surface area (Å²) in [7, 11) is 0. The molecule has 3 saturated heterocycles. The van der Waals surface area contributed by atoms with Gasteiger partial charge in [-0.15, -0.1) is 0 Å². The van der Waals surface area contributed by atoms with E-state index in [4.69, 9.17) is 9.47 Å². The minimum atomic E-state index is -2.79. The number of morpholine rings is 1. The molecule has 6 rings (SSSR count). The van der Waals surface area contributed by atoms with Gasteiger partial charge < -0.3 is 24.2 Å². The SMILES string of the molecule is O=C(CCN1CCCCC1)N1CC(COc2cc(-n3c(C(F)F)nc4ccccc43)nc(N3CCOCC3)n2)C1. The van der Waals surface area contributed by atoms with Crippen LogP contribution in [0.3, 0.4) is 0 Å². The Morgan fingerprint density at radius 2 is 1.80 bits per heavy atom. The van der Waals surface area contributed by atoms with Gasteiger partial charge >= 0.3 is 0 Å². The molecule has 0 atom stereocenters. The van der Waals surface area contributed by atoms with Crippen LogP contribution >= 0.6 is 0 Å². The fraction of sp³-hybridized carbons (Fsp3) is 0.571. The summed E-state index contributed by atoms with van der Waals surface area (Å²) < 4.78 is 41.1. The van der Waals surface area contributed by atoms with Crippen LogP contribution in [0, 0.1) is 5.92 Å². The molecule has 12 heteroatoms. The first-order valence-corrected chi connectivity index (χ1v) is 14.2. The fourth-order valence-corrected chi connectivity index (χ4v) is 5.60. The zero-order chi connectivity index (χ0) is 27.5. The summed E-state index contributed by atoms with van der Waals surface area (Å²) in [5.74, 6) is 0.980. The van der Waals surface area contributed by atoms with Crippen molar-refractivity contribution in [1.29, 1.82) is 0 Å². The topological polar surface area (TPSA) is 88.9 Å². The number of rotatable bonds is 9. The first-order chi connectivity index (χ1) is 19.5. The summed E-state index contributed by atoms with van der Waals surface area (Å²) in [6, 6.07) is 8.59. The molecule has 3 aliphatic heterocycles. The first kappa shape index (κ1) is 26.8. The van der Waals surface area contributed by atoms with E-state index in [1.54, 1.807) is 30.3 Å². The lowest BCUT2D eigenvalue weighted by Crippen LogP contribution is -2.52. The monoisotopic (exact) mass is 555 g/mol. The van der Waals surface area contributed by atoms with Crippen LogP contribution in [0.25, 0.3) is 16.9 Å². The highest BCUT2D eigenvalue weighted by atomic mass is 19.3. The molecule has 5 heterocycles. The molecule has 1 aromatic carbocycles. The van der Waals surface area contributed by atoms with Gasteiger partial charge in [-0.2, -0.15) is 9.97 Å². The molecule has 3 aromatic rings. The predicted molar refractivity (Wildman–Crippen MR) is 145 cm³/mol. The highest BCUT2D eigenvalue weighted by Crippen LogP contribution is 2.30. The van der Waals surface area contributed by atoms with Crippen molar-refractivity contribution >= 4 is 22.9 Å². The van der Waals surface area contributed by atoms with Crippen molar-refractivity contribution in [2.75, 3.05) is 70.5 Å². The molecular weight excluding hydrogens is 520 g/mol. The van der Waals surface area contributed by atoms with E-state index in [0.29, 0.717) is 75.3 Å². The normalized spacial score (nSPS) is 18.9. The van der Waals surface area contributed by atoms with Gasteiger partial charge in [0.15, 0.2) is 5.82 Å². The molecule has 0 spiro atoms. The lowest BCUT2D eigenvalue weighted by atomic mass is 10.0. The van der Waals surface area contributed by atoms with Crippen LogP contribution < -0.4 is 9.64 Å². The van der Waals surface area contributed by atoms with Crippen LogP contribution in [0.4, 0.5) is 14.7 Å². The zero-order valence-corrected chi connectivity index (χ0v) is 22.6. The number of amides is 1. The van der Waals surface area contributed by atoms with E-state index in [2.05, 4.69) is 19.9 Å². The Morgan fingerprint density at radius 1 is 1.02 bits per heavy atom. The van der Waals surface area contributed by atoms with E-state index < -0.39 is 6.43 Å². The number of hydrogen-bond donors (Lipinski definition) is 0. The third-order valence-corrected chi connectivity index (χ3v) is 7.85. The van der Waals surface area contributed by atoms with Crippen LogP contribution in [-0.4, -0.2) is 101 Å². The predicted octanol–water partition coefficient (Wildman–Crippen LogP) is 3.30. The number of alkyl halides is 2. The fourth-order valence-electron chi connectivity index (χ4n) is 5.60. The number of hydrogen-bond acceptors (Lipinski definition) is 8. The average molecular weight is 556 g/mol. The highest BCUT2D eigenvalue weighted by Gasteiger charge is 2.31. The van der Waals surface area contributed by atoms with Gasteiger partial charge in [0.2, 0.25) is 17.7 Å². The molecule has 0 N–H and O–H groups in total. The Labute approximate surface area is 231 Å². The van der Waals surface area contributed by atoms with E-state index in [0.717, 1.165) is 19.6 Å². The highest BCUT2D eigenvalue weighted by molar-refractivity contribution is 5.78. The molecule has 3 fully saturated rings. The third-order valence-electron chi connectivity index (χ3n) is 7.85. The van der Waals surface area contributed by atoms with Gasteiger partial charge in [-0.25, -0.2) is 13.8 Å². The van der Waals surface area contributed by atoms with Crippen molar-refractivity contribution in [2.45, 2.75) is 32.1 Å². The molecular formula is C28H35F2N7O3. The molecule has 1 amide bonds. The number of halogens is 2. The van der Waals surface area contributed by atoms with Gasteiger partial charge in [0, 0.05) is 51.1 Å². The molecule has 0 radical (unpaired) electrons. The van der Waals surface area contributed by atoms with Crippen LogP contribution in [0.5, 0.6) is 5.88 Å². The van der Waals surface area contributed by atoms with Crippen LogP contribution in [0.2, 0.25) is 0 Å². The number of carbonyl (C=O) groups excluding carboxylic acids is 1. The summed E-state index contributed by atoms with van der Waals surface area (Å²) in [5.41, 5.74) is 0.999. The number of imidazole rings is 1. The van der Waals surface area contributed by atoms with Crippen molar-refractivity contribution in [3.63, 3.8) is 0 Å². The van der Waals surface area contributed by atoms with Gasteiger partial charge in [0.25, 0.3) is 6.43 Å². The Hall–Kier alpha value is -3.38. The molecule has 0 saturated carbocycles. The van der Waals surface area contributed by atoms with Crippen molar-refractivity contribution in [1.82, 2.24) is 29.3 Å². The lowest BCUT2D eigenvalue weighted by molar-refractivity contribution is -0.138. The molecule has 0 aliphatic carbocycles. The number of benzene rings is 1. The van der Waals surface area contributed by atoms with Crippen LogP contribution in [0.1, 0.15) is 37.9 Å². The maximum Gasteiger partial charge on any atom is 0.296 e. The second-order valence-electron chi connectivity index (χ2n) is 10.7. The Bertz CT molecular complexity index is 1320. The number of piperidine rings is 1. The maximum atomic E-state index is 14.1. The second kappa shape index (κ2) is 12.0. The standard InChI is InChI=1S/C28H35F2N7O3/c29-26(30)27-31-21-6-2-3-7-22(21)37(27)23-16-24(33-28(32-23)35-12-14-39-15-13-35)40-19-20-17-36(18-20)25(38)8-11-34-9-4-1-5-10-34/h2-3,6-7,16,20,26H,1,4-5,8-15,17-19H2. The Balaban J connectivity index is 1.16. The van der Waals surface area contributed by atoms with Gasteiger partial charge in [-0.05, 0) is 38.1 Å². The maximum absolute atomic E-state index is 14.1. The number of likely N-dealkylation sites (tertiary alicyclic amines) is 2. The van der Waals surface area contributed by atoms with E-state index in [1.165, 1.54) is 23.8 Å². The smallest absolute Gasteiger partial charge is 0.296 e. The van der Waals surface area contributed by atoms with Gasteiger partial charge in [0.05, 0.1) is 30.9 Å². The quantitative estimate of drug-likeness (QED) is 0.398. The minimum absolute atomic E-state index is 0.187. The number of anilines is 1. The molecule has 2 aromatic heterocycles. The first-order valence-electron chi connectivity index (χ1n) is 14.2. The molecule has 0 unspecified atom stereocenters. The van der Waals surface area contributed by atoms with Gasteiger partial charge in [-0.3, -0.25) is 9.36 Å². The van der Waals surface area contributed by atoms with Crippen LogP contribution in [-0.2, 0) is 9.53 Å². The second-order valence-corrected chi connectivity index (χ2v) is 10.7. The zero-order valence-electron chi connectivity index (χ0n) is 22.6. The average Bonchev–Trinajstić information content (AvgIpc) is 3.36. The van der Waals surface area contributed by atoms with Gasteiger partial charge in [0.1, 0.15) is 5.82 Å². The van der Waals surface area contributed by atoms with Crippen molar-refractivity contribution in [3.05, 3.63) is 36.2 Å². The summed E-state index contributed by atoms with van der Waals surface area (Å²) in [5, 5.41) is 0. The number of nitrogens with zero attached hydrogens (tertiary/aromatic N) is 7. The summed E-state index contributed by atoms with van der Waals surface area (Å²) >= 11 is 0. The van der Waals surface area contributed by atoms with E-state index >= 15 is 0 Å². The summed E-state index contributed by atoms with van der Waals surface area (Å²) in [6.45, 7) is 6.92. The van der Waals surface area contributed by atoms with E-state index in [-0.39, 0.29) is 23.5 Å². The number of para-hydroxylation sites is 2. The van der Waals surface area contributed by atoms with Crippen LogP contribution in [0.15, 0.2) is 30.3 Å². The van der Waals surface area contributed by atoms with E-state index in [9.17, 15) is 13.6 Å². The lowest BCUT2D eigenvalue weighted by Gasteiger charge is -2.39. The number of aromatic nitrogens is 4. The Kier molecular flexibility index (Phi) is 8.05. The van der Waals surface area contributed by atoms with E-state index in [1.807, 2.05) is 9.80 Å². The molecule has 214 valence electrons. The summed E-state index contributed by atoms with van der Waals surface area (Å²) in [4.78, 5) is 32.3. The molecule has 3 aliphatic rings. The minimum Gasteiger partial charge on any atom is -0.477 e. The Morgan fingerprint density at radius 3 is 2.58 bits per heavy atom. The molecule has 0 bridgehead atoms. The van der Waals surface area contributed by atoms with Crippen molar-refractivity contribution in [3.8, 4) is 11.7 Å². The largest absolute Gasteiger partial charge is 0.477 e. The summed E-state index contributed by atoms with van der Waals surface area (Å²) in [6.07, 6.45) is 1.49. The van der Waals surface area contributed by atoms with Gasteiger partial charge in [-0.1, -0.05) is 18.6 Å².